The third-order valence-corrected chi connectivity index (χ3v) is 2.73. The molecule has 0 amide bonds. The quantitative estimate of drug-likeness (QED) is 0.712. The van der Waals surface area contributed by atoms with Crippen LogP contribution in [0.3, 0.4) is 0 Å². The van der Waals surface area contributed by atoms with Gasteiger partial charge >= 0.3 is 0 Å². The summed E-state index contributed by atoms with van der Waals surface area (Å²) in [5.74, 6) is -0.615. The Kier molecular flexibility index (Phi) is 6.15. The number of anilines is 2. The first-order chi connectivity index (χ1) is 9.40. The monoisotopic (exact) mass is 313 g/mol. The van der Waals surface area contributed by atoms with Crippen LogP contribution in [0.5, 0.6) is 5.75 Å². The SMILES string of the molecule is CC(=O)O.Oc1ccc(Nc2c(Cl)cccc2Cl)cc1. The number of carboxylic acids is 1. The Hall–Kier alpha value is -1.91. The maximum atomic E-state index is 9.15. The molecule has 2 aromatic rings. The van der Waals surface area contributed by atoms with Crippen LogP contribution in [0.1, 0.15) is 6.92 Å². The number of carbonyl (C=O) groups is 1. The molecule has 0 aliphatic carbocycles. The summed E-state index contributed by atoms with van der Waals surface area (Å²) in [5, 5.41) is 20.8. The lowest BCUT2D eigenvalue weighted by atomic mass is 10.2. The fourth-order valence-electron chi connectivity index (χ4n) is 1.31. The molecular weight excluding hydrogens is 301 g/mol. The van der Waals surface area contributed by atoms with Gasteiger partial charge in [-0.1, -0.05) is 29.3 Å². The van der Waals surface area contributed by atoms with Crippen LogP contribution < -0.4 is 5.32 Å². The highest BCUT2D eigenvalue weighted by molar-refractivity contribution is 6.39. The molecular formula is C14H13Cl2NO3. The molecule has 2 rings (SSSR count). The smallest absolute Gasteiger partial charge is 0.300 e. The van der Waals surface area contributed by atoms with Crippen molar-refractivity contribution in [2.45, 2.75) is 6.92 Å². The number of phenolic OH excluding ortho intramolecular Hbond substituents is 1. The number of phenols is 1. The van der Waals surface area contributed by atoms with Gasteiger partial charge in [-0.25, -0.2) is 0 Å². The molecule has 0 fully saturated rings. The molecule has 0 radical (unpaired) electrons. The van der Waals surface area contributed by atoms with Crippen molar-refractivity contribution in [3.8, 4) is 5.75 Å². The second kappa shape index (κ2) is 7.62. The molecule has 106 valence electrons. The highest BCUT2D eigenvalue weighted by Crippen LogP contribution is 2.32. The van der Waals surface area contributed by atoms with Crippen molar-refractivity contribution in [2.75, 3.05) is 5.32 Å². The predicted octanol–water partition coefficient (Wildman–Crippen LogP) is 4.53. The summed E-state index contributed by atoms with van der Waals surface area (Å²) in [6.45, 7) is 1.08. The van der Waals surface area contributed by atoms with Crippen molar-refractivity contribution < 1.29 is 15.0 Å². The number of hydrogen-bond acceptors (Lipinski definition) is 3. The average Bonchev–Trinajstić information content (AvgIpc) is 2.36. The van der Waals surface area contributed by atoms with E-state index >= 15 is 0 Å². The van der Waals surface area contributed by atoms with Gasteiger partial charge in [0.05, 0.1) is 15.7 Å². The first-order valence-electron chi connectivity index (χ1n) is 5.59. The zero-order chi connectivity index (χ0) is 15.1. The summed E-state index contributed by atoms with van der Waals surface area (Å²) in [4.78, 5) is 9.00. The van der Waals surface area contributed by atoms with Gasteiger partial charge in [0, 0.05) is 12.6 Å². The van der Waals surface area contributed by atoms with Gasteiger partial charge < -0.3 is 15.5 Å². The molecule has 4 nitrogen and oxygen atoms in total. The van der Waals surface area contributed by atoms with Gasteiger partial charge in [-0.3, -0.25) is 4.79 Å². The van der Waals surface area contributed by atoms with E-state index in [0.29, 0.717) is 15.7 Å². The van der Waals surface area contributed by atoms with E-state index < -0.39 is 5.97 Å². The minimum atomic E-state index is -0.833. The maximum absolute atomic E-state index is 9.15. The summed E-state index contributed by atoms with van der Waals surface area (Å²) in [7, 11) is 0. The second-order valence-electron chi connectivity index (χ2n) is 3.79. The summed E-state index contributed by atoms with van der Waals surface area (Å²) >= 11 is 12.0. The summed E-state index contributed by atoms with van der Waals surface area (Å²) in [6.07, 6.45) is 0. The molecule has 0 heterocycles. The van der Waals surface area contributed by atoms with E-state index in [4.69, 9.17) is 38.2 Å². The van der Waals surface area contributed by atoms with Crippen LogP contribution in [0.4, 0.5) is 11.4 Å². The van der Waals surface area contributed by atoms with Crippen molar-refractivity contribution in [2.24, 2.45) is 0 Å². The van der Waals surface area contributed by atoms with Crippen LogP contribution in [0.15, 0.2) is 42.5 Å². The topological polar surface area (TPSA) is 69.6 Å². The van der Waals surface area contributed by atoms with Crippen LogP contribution in [-0.4, -0.2) is 16.2 Å². The summed E-state index contributed by atoms with van der Waals surface area (Å²) in [5.41, 5.74) is 1.48. The molecule has 3 N–H and O–H groups in total. The number of aromatic hydroxyl groups is 1. The molecule has 0 aliphatic rings. The Labute approximate surface area is 126 Å². The van der Waals surface area contributed by atoms with Gasteiger partial charge in [-0.05, 0) is 36.4 Å². The third kappa shape index (κ3) is 5.38. The molecule has 0 saturated heterocycles. The van der Waals surface area contributed by atoms with Crippen molar-refractivity contribution in [3.05, 3.63) is 52.5 Å². The van der Waals surface area contributed by atoms with Gasteiger partial charge in [0.25, 0.3) is 5.97 Å². The van der Waals surface area contributed by atoms with E-state index in [-0.39, 0.29) is 5.75 Å². The highest BCUT2D eigenvalue weighted by atomic mass is 35.5. The van der Waals surface area contributed by atoms with Crippen LogP contribution in [-0.2, 0) is 4.79 Å². The lowest BCUT2D eigenvalue weighted by Crippen LogP contribution is -1.91. The Balaban J connectivity index is 0.000000444. The van der Waals surface area contributed by atoms with Gasteiger partial charge in [0.15, 0.2) is 0 Å². The van der Waals surface area contributed by atoms with Crippen LogP contribution in [0, 0.1) is 0 Å². The molecule has 0 aliphatic heterocycles. The van der Waals surface area contributed by atoms with Gasteiger partial charge in [0.2, 0.25) is 0 Å². The Morgan fingerprint density at radius 2 is 1.50 bits per heavy atom. The predicted molar refractivity (Wildman–Crippen MR) is 81.2 cm³/mol. The minimum absolute atomic E-state index is 0.218. The number of halogens is 2. The van der Waals surface area contributed by atoms with Gasteiger partial charge in [-0.15, -0.1) is 0 Å². The normalized spacial score (nSPS) is 9.35. The largest absolute Gasteiger partial charge is 0.508 e. The van der Waals surface area contributed by atoms with Crippen molar-refractivity contribution in [1.82, 2.24) is 0 Å². The first kappa shape index (κ1) is 16.1. The second-order valence-corrected chi connectivity index (χ2v) is 4.60. The number of nitrogens with one attached hydrogen (secondary N) is 1. The number of carboxylic acid groups (broad SMARTS) is 1. The number of aliphatic carboxylic acids is 1. The molecule has 6 heteroatoms. The fourth-order valence-corrected chi connectivity index (χ4v) is 1.80. The molecule has 0 unspecified atom stereocenters. The van der Waals surface area contributed by atoms with E-state index in [0.717, 1.165) is 12.6 Å². The van der Waals surface area contributed by atoms with Gasteiger partial charge in [0.1, 0.15) is 5.75 Å². The third-order valence-electron chi connectivity index (χ3n) is 2.10. The zero-order valence-electron chi connectivity index (χ0n) is 10.6. The number of rotatable bonds is 2. The van der Waals surface area contributed by atoms with Crippen molar-refractivity contribution >= 4 is 40.5 Å². The van der Waals surface area contributed by atoms with E-state index in [1.807, 2.05) is 0 Å². The van der Waals surface area contributed by atoms with Crippen molar-refractivity contribution in [3.63, 3.8) is 0 Å². The minimum Gasteiger partial charge on any atom is -0.508 e. The van der Waals surface area contributed by atoms with E-state index in [1.54, 1.807) is 42.5 Å². The lowest BCUT2D eigenvalue weighted by molar-refractivity contribution is -0.134. The Bertz CT molecular complexity index is 561. The summed E-state index contributed by atoms with van der Waals surface area (Å²) in [6, 6.07) is 12.0. The average molecular weight is 314 g/mol. The molecule has 2 aromatic carbocycles. The molecule has 0 saturated carbocycles. The molecule has 20 heavy (non-hydrogen) atoms. The standard InChI is InChI=1S/C12H9Cl2NO.C2H4O2/c13-10-2-1-3-11(14)12(10)15-8-4-6-9(16)7-5-8;1-2(3)4/h1-7,15-16H;1H3,(H,3,4). The number of para-hydroxylation sites is 1. The van der Waals surface area contributed by atoms with Crippen LogP contribution in [0.2, 0.25) is 10.0 Å². The number of hydrogen-bond donors (Lipinski definition) is 3. The number of benzene rings is 2. The lowest BCUT2D eigenvalue weighted by Gasteiger charge is -2.10. The Morgan fingerprint density at radius 1 is 1.05 bits per heavy atom. The molecule has 0 spiro atoms. The van der Waals surface area contributed by atoms with E-state index in [1.165, 1.54) is 0 Å². The maximum Gasteiger partial charge on any atom is 0.300 e. The zero-order valence-corrected chi connectivity index (χ0v) is 12.1. The van der Waals surface area contributed by atoms with E-state index in [2.05, 4.69) is 5.32 Å². The molecule has 0 bridgehead atoms. The first-order valence-corrected chi connectivity index (χ1v) is 6.35. The van der Waals surface area contributed by atoms with Crippen LogP contribution in [0.25, 0.3) is 0 Å². The molecule has 0 atom stereocenters. The highest BCUT2D eigenvalue weighted by Gasteiger charge is 2.05. The van der Waals surface area contributed by atoms with E-state index in [9.17, 15) is 0 Å². The fraction of sp³-hybridized carbons (Fsp3) is 0.0714. The van der Waals surface area contributed by atoms with Crippen molar-refractivity contribution in [1.29, 1.82) is 0 Å². The summed E-state index contributed by atoms with van der Waals surface area (Å²) < 4.78 is 0. The molecule has 0 aromatic heterocycles. The Morgan fingerprint density at radius 3 is 1.95 bits per heavy atom. The van der Waals surface area contributed by atoms with Gasteiger partial charge in [-0.2, -0.15) is 0 Å². The van der Waals surface area contributed by atoms with Crippen LogP contribution >= 0.6 is 23.2 Å².